The molecule has 0 saturated carbocycles. The lowest BCUT2D eigenvalue weighted by Gasteiger charge is -2.12. The highest BCUT2D eigenvalue weighted by Gasteiger charge is 2.17. The number of hydrogen-bond donors (Lipinski definition) is 1. The Morgan fingerprint density at radius 1 is 1.25 bits per heavy atom. The van der Waals surface area contributed by atoms with Crippen molar-refractivity contribution in [3.63, 3.8) is 0 Å². The van der Waals surface area contributed by atoms with Crippen molar-refractivity contribution in [2.45, 2.75) is 19.4 Å². The van der Waals surface area contributed by atoms with Gasteiger partial charge in [0, 0.05) is 18.9 Å². The summed E-state index contributed by atoms with van der Waals surface area (Å²) in [5, 5.41) is 9.16. The summed E-state index contributed by atoms with van der Waals surface area (Å²) in [5.74, 6) is 1.89. The fourth-order valence-corrected chi connectivity index (χ4v) is 2.62. The van der Waals surface area contributed by atoms with E-state index in [1.54, 1.807) is 0 Å². The fourth-order valence-electron chi connectivity index (χ4n) is 2.62. The Morgan fingerprint density at radius 2 is 2.05 bits per heavy atom. The first-order valence-corrected chi connectivity index (χ1v) is 6.83. The monoisotopic (exact) mass is 269 g/mol. The van der Waals surface area contributed by atoms with E-state index in [0.717, 1.165) is 29.2 Å². The lowest BCUT2D eigenvalue weighted by Crippen LogP contribution is -2.18. The molecule has 1 unspecified atom stereocenters. The molecule has 1 aromatic carbocycles. The van der Waals surface area contributed by atoms with E-state index >= 15 is 0 Å². The van der Waals surface area contributed by atoms with E-state index in [9.17, 15) is 0 Å². The summed E-state index contributed by atoms with van der Waals surface area (Å²) in [6, 6.07) is 12.5. The van der Waals surface area contributed by atoms with Crippen molar-refractivity contribution in [2.75, 3.05) is 7.05 Å². The molecule has 3 rings (SSSR count). The van der Waals surface area contributed by atoms with Gasteiger partial charge in [0.25, 0.3) is 0 Å². The highest BCUT2D eigenvalue weighted by atomic mass is 16.3. The average Bonchev–Trinajstić information content (AvgIpc) is 3.01. The molecule has 20 heavy (non-hydrogen) atoms. The maximum Gasteiger partial charge on any atom is 0.121 e. The average molecular weight is 269 g/mol. The lowest BCUT2D eigenvalue weighted by atomic mass is 10.1. The summed E-state index contributed by atoms with van der Waals surface area (Å²) in [7, 11) is 3.94. The zero-order valence-electron chi connectivity index (χ0n) is 12.1. The van der Waals surface area contributed by atoms with Crippen LogP contribution in [0.4, 0.5) is 0 Å². The van der Waals surface area contributed by atoms with E-state index in [2.05, 4.69) is 28.6 Å². The molecule has 3 aromatic rings. The molecule has 0 aliphatic heterocycles. The van der Waals surface area contributed by atoms with Gasteiger partial charge in [0.1, 0.15) is 11.5 Å². The van der Waals surface area contributed by atoms with Gasteiger partial charge in [-0.15, -0.1) is 0 Å². The van der Waals surface area contributed by atoms with Crippen LogP contribution in [0, 0.1) is 6.92 Å². The number of hydrogen-bond acceptors (Lipinski definition) is 3. The van der Waals surface area contributed by atoms with Gasteiger partial charge >= 0.3 is 0 Å². The van der Waals surface area contributed by atoms with Gasteiger partial charge in [-0.05, 0) is 32.2 Å². The molecule has 1 N–H and O–H groups in total. The van der Waals surface area contributed by atoms with Crippen molar-refractivity contribution in [1.29, 1.82) is 0 Å². The SMILES string of the molecule is CNC(Cc1nn(C)c2ccccc12)c1ccc(C)o1. The highest BCUT2D eigenvalue weighted by Crippen LogP contribution is 2.24. The number of fused-ring (bicyclic) bond motifs is 1. The largest absolute Gasteiger partial charge is 0.465 e. The molecular weight excluding hydrogens is 250 g/mol. The van der Waals surface area contributed by atoms with Crippen LogP contribution in [0.5, 0.6) is 0 Å². The van der Waals surface area contributed by atoms with Crippen molar-refractivity contribution < 1.29 is 4.42 Å². The smallest absolute Gasteiger partial charge is 0.121 e. The number of nitrogens with zero attached hydrogens (tertiary/aromatic N) is 2. The predicted molar refractivity (Wildman–Crippen MR) is 79.7 cm³/mol. The number of aryl methyl sites for hydroxylation is 2. The molecule has 0 aliphatic carbocycles. The molecule has 2 heterocycles. The third-order valence-corrected chi connectivity index (χ3v) is 3.68. The molecule has 2 aromatic heterocycles. The van der Waals surface area contributed by atoms with Crippen LogP contribution in [-0.2, 0) is 13.5 Å². The zero-order chi connectivity index (χ0) is 14.1. The van der Waals surface area contributed by atoms with Crippen molar-refractivity contribution in [2.24, 2.45) is 7.05 Å². The van der Waals surface area contributed by atoms with Gasteiger partial charge in [-0.25, -0.2) is 0 Å². The predicted octanol–water partition coefficient (Wildman–Crippen LogP) is 2.98. The Hall–Kier alpha value is -2.07. The van der Waals surface area contributed by atoms with E-state index in [1.807, 2.05) is 43.9 Å². The van der Waals surface area contributed by atoms with E-state index in [-0.39, 0.29) is 6.04 Å². The summed E-state index contributed by atoms with van der Waals surface area (Å²) >= 11 is 0. The van der Waals surface area contributed by atoms with Gasteiger partial charge in [-0.1, -0.05) is 18.2 Å². The van der Waals surface area contributed by atoms with Crippen LogP contribution < -0.4 is 5.32 Å². The molecule has 0 spiro atoms. The van der Waals surface area contributed by atoms with E-state index < -0.39 is 0 Å². The second kappa shape index (κ2) is 5.13. The van der Waals surface area contributed by atoms with Crippen molar-refractivity contribution in [3.8, 4) is 0 Å². The van der Waals surface area contributed by atoms with Crippen LogP contribution in [0.3, 0.4) is 0 Å². The zero-order valence-corrected chi connectivity index (χ0v) is 12.1. The molecule has 0 bridgehead atoms. The van der Waals surface area contributed by atoms with Gasteiger partial charge in [-0.2, -0.15) is 5.10 Å². The van der Waals surface area contributed by atoms with Crippen LogP contribution in [0.1, 0.15) is 23.3 Å². The first kappa shape index (κ1) is 12.9. The van der Waals surface area contributed by atoms with Gasteiger partial charge in [0.05, 0.1) is 17.3 Å². The Bertz CT molecular complexity index is 726. The quantitative estimate of drug-likeness (QED) is 0.792. The van der Waals surface area contributed by atoms with Gasteiger partial charge < -0.3 is 9.73 Å². The van der Waals surface area contributed by atoms with Crippen molar-refractivity contribution in [1.82, 2.24) is 15.1 Å². The number of rotatable bonds is 4. The standard InChI is InChI=1S/C16H19N3O/c1-11-8-9-16(20-11)14(17-2)10-13-12-6-4-5-7-15(12)19(3)18-13/h4-9,14,17H,10H2,1-3H3. The summed E-state index contributed by atoms with van der Waals surface area (Å²) in [5.41, 5.74) is 2.25. The Balaban J connectivity index is 1.95. The molecule has 1 atom stereocenters. The summed E-state index contributed by atoms with van der Waals surface area (Å²) in [4.78, 5) is 0. The van der Waals surface area contributed by atoms with Crippen LogP contribution in [0.15, 0.2) is 40.8 Å². The minimum Gasteiger partial charge on any atom is -0.465 e. The van der Waals surface area contributed by atoms with Crippen LogP contribution in [0.25, 0.3) is 10.9 Å². The summed E-state index contributed by atoms with van der Waals surface area (Å²) in [6.45, 7) is 1.96. The Labute approximate surface area is 118 Å². The number of likely N-dealkylation sites (N-methyl/N-ethyl adjacent to an activating group) is 1. The van der Waals surface area contributed by atoms with Crippen molar-refractivity contribution in [3.05, 3.63) is 53.6 Å². The molecule has 0 amide bonds. The van der Waals surface area contributed by atoms with Crippen LogP contribution >= 0.6 is 0 Å². The molecule has 104 valence electrons. The minimum atomic E-state index is 0.141. The molecule has 0 fully saturated rings. The molecule has 4 heteroatoms. The second-order valence-electron chi connectivity index (χ2n) is 5.08. The Kier molecular flexibility index (Phi) is 3.32. The molecular formula is C16H19N3O. The van der Waals surface area contributed by atoms with Gasteiger partial charge in [-0.3, -0.25) is 4.68 Å². The van der Waals surface area contributed by atoms with E-state index in [4.69, 9.17) is 4.42 Å². The van der Waals surface area contributed by atoms with Crippen molar-refractivity contribution >= 4 is 10.9 Å². The van der Waals surface area contributed by atoms with Gasteiger partial charge in [0.2, 0.25) is 0 Å². The van der Waals surface area contributed by atoms with E-state index in [1.165, 1.54) is 5.39 Å². The molecule has 0 aliphatic rings. The number of para-hydroxylation sites is 1. The first-order chi connectivity index (χ1) is 9.69. The second-order valence-corrected chi connectivity index (χ2v) is 5.08. The number of benzene rings is 1. The highest BCUT2D eigenvalue weighted by molar-refractivity contribution is 5.81. The number of furan rings is 1. The molecule has 4 nitrogen and oxygen atoms in total. The third-order valence-electron chi connectivity index (χ3n) is 3.68. The van der Waals surface area contributed by atoms with E-state index in [0.29, 0.717) is 0 Å². The van der Waals surface area contributed by atoms with Crippen LogP contribution in [-0.4, -0.2) is 16.8 Å². The fraction of sp³-hybridized carbons (Fsp3) is 0.312. The lowest BCUT2D eigenvalue weighted by molar-refractivity contribution is 0.412. The summed E-state index contributed by atoms with van der Waals surface area (Å²) < 4.78 is 7.67. The first-order valence-electron chi connectivity index (χ1n) is 6.83. The topological polar surface area (TPSA) is 43.0 Å². The van der Waals surface area contributed by atoms with Crippen LogP contribution in [0.2, 0.25) is 0 Å². The Morgan fingerprint density at radius 3 is 2.75 bits per heavy atom. The third kappa shape index (κ3) is 2.23. The maximum absolute atomic E-state index is 5.73. The minimum absolute atomic E-state index is 0.141. The number of nitrogens with one attached hydrogen (secondary N) is 1. The maximum atomic E-state index is 5.73. The molecule has 0 saturated heterocycles. The summed E-state index contributed by atoms with van der Waals surface area (Å²) in [6.07, 6.45) is 0.810. The normalized spacial score (nSPS) is 12.9. The number of aromatic nitrogens is 2. The van der Waals surface area contributed by atoms with Gasteiger partial charge in [0.15, 0.2) is 0 Å². The molecule has 0 radical (unpaired) electrons.